The number of hydrogen-bond acceptors (Lipinski definition) is 4. The third kappa shape index (κ3) is 5.93. The number of rotatable bonds is 9. The second-order valence-electron chi connectivity index (χ2n) is 9.30. The lowest BCUT2D eigenvalue weighted by Crippen LogP contribution is -2.41. The fourth-order valence-corrected chi connectivity index (χ4v) is 4.54. The van der Waals surface area contributed by atoms with Gasteiger partial charge in [0.2, 0.25) is 11.9 Å². The molecule has 176 valence electrons. The summed E-state index contributed by atoms with van der Waals surface area (Å²) in [6.45, 7) is 10.0. The molecule has 0 spiro atoms. The van der Waals surface area contributed by atoms with Crippen LogP contribution >= 0.6 is 0 Å². The number of hydrogen-bond donors (Lipinski definition) is 1. The van der Waals surface area contributed by atoms with E-state index in [0.717, 1.165) is 55.9 Å². The number of fused-ring (bicyclic) bond motifs is 1. The molecule has 0 saturated carbocycles. The number of imidazole rings is 1. The molecule has 6 heteroatoms. The molecule has 6 nitrogen and oxygen atoms in total. The van der Waals surface area contributed by atoms with Crippen LogP contribution in [-0.2, 0) is 16.1 Å². The van der Waals surface area contributed by atoms with E-state index in [9.17, 15) is 4.79 Å². The van der Waals surface area contributed by atoms with Gasteiger partial charge in [-0.1, -0.05) is 42.0 Å². The Balaban J connectivity index is 1.40. The maximum Gasteiger partial charge on any atom is 0.223 e. The van der Waals surface area contributed by atoms with Crippen molar-refractivity contribution in [3.05, 3.63) is 59.7 Å². The van der Waals surface area contributed by atoms with Crippen molar-refractivity contribution in [1.82, 2.24) is 14.9 Å². The quantitative estimate of drug-likeness (QED) is 0.488. The minimum Gasteiger partial charge on any atom is -0.379 e. The number of ether oxygens (including phenoxy) is 1. The SMILES string of the molecule is Cc1cccc(Cn2c(N3CCC(C(=O)NCCCOC(C)C)CC3)nc3ccccc32)c1. The molecule has 1 aliphatic heterocycles. The molecular weight excluding hydrogens is 412 g/mol. The number of aromatic nitrogens is 2. The molecule has 1 amide bonds. The summed E-state index contributed by atoms with van der Waals surface area (Å²) in [6, 6.07) is 17.0. The van der Waals surface area contributed by atoms with Crippen LogP contribution in [0.5, 0.6) is 0 Å². The fourth-order valence-electron chi connectivity index (χ4n) is 4.54. The van der Waals surface area contributed by atoms with Crippen LogP contribution in [0.3, 0.4) is 0 Å². The van der Waals surface area contributed by atoms with Crippen LogP contribution in [0.15, 0.2) is 48.5 Å². The predicted molar refractivity (Wildman–Crippen MR) is 134 cm³/mol. The second kappa shape index (κ2) is 10.8. The van der Waals surface area contributed by atoms with Gasteiger partial charge in [0.25, 0.3) is 0 Å². The van der Waals surface area contributed by atoms with E-state index in [-0.39, 0.29) is 17.9 Å². The molecule has 0 unspecified atom stereocenters. The van der Waals surface area contributed by atoms with Crippen LogP contribution in [0.25, 0.3) is 11.0 Å². The molecule has 1 fully saturated rings. The molecule has 2 heterocycles. The molecule has 4 rings (SSSR count). The van der Waals surface area contributed by atoms with Gasteiger partial charge in [-0.05, 0) is 57.7 Å². The smallest absolute Gasteiger partial charge is 0.223 e. The summed E-state index contributed by atoms with van der Waals surface area (Å²) >= 11 is 0. The van der Waals surface area contributed by atoms with Gasteiger partial charge in [0, 0.05) is 32.2 Å². The van der Waals surface area contributed by atoms with Crippen LogP contribution in [0.4, 0.5) is 5.95 Å². The molecule has 3 aromatic rings. The van der Waals surface area contributed by atoms with Gasteiger partial charge < -0.3 is 19.5 Å². The van der Waals surface area contributed by atoms with Crippen molar-refractivity contribution in [3.63, 3.8) is 0 Å². The molecule has 1 aliphatic rings. The van der Waals surface area contributed by atoms with Crippen LogP contribution in [-0.4, -0.2) is 47.8 Å². The summed E-state index contributed by atoms with van der Waals surface area (Å²) in [4.78, 5) is 20.0. The third-order valence-electron chi connectivity index (χ3n) is 6.28. The molecule has 0 radical (unpaired) electrons. The number of piperidine rings is 1. The van der Waals surface area contributed by atoms with E-state index in [2.05, 4.69) is 64.2 Å². The minimum absolute atomic E-state index is 0.0712. The number of amides is 1. The summed E-state index contributed by atoms with van der Waals surface area (Å²) in [6.07, 6.45) is 2.79. The normalized spacial score (nSPS) is 14.8. The van der Waals surface area contributed by atoms with Crippen molar-refractivity contribution in [2.75, 3.05) is 31.1 Å². The Kier molecular flexibility index (Phi) is 7.65. The standard InChI is InChI=1S/C27H36N4O2/c1-20(2)33-17-7-14-28-26(32)23-12-15-30(16-13-23)27-29-24-10-4-5-11-25(24)31(27)19-22-9-6-8-21(3)18-22/h4-6,8-11,18,20,23H,7,12-17,19H2,1-3H3,(H,28,32). The first kappa shape index (κ1) is 23.3. The van der Waals surface area contributed by atoms with Gasteiger partial charge >= 0.3 is 0 Å². The van der Waals surface area contributed by atoms with Gasteiger partial charge in [-0.3, -0.25) is 4.79 Å². The highest BCUT2D eigenvalue weighted by Gasteiger charge is 2.27. The number of para-hydroxylation sites is 2. The minimum atomic E-state index is 0.0712. The van der Waals surface area contributed by atoms with Gasteiger partial charge in [-0.25, -0.2) is 4.98 Å². The first-order valence-corrected chi connectivity index (χ1v) is 12.2. The molecule has 1 aromatic heterocycles. The predicted octanol–water partition coefficient (Wildman–Crippen LogP) is 4.54. The van der Waals surface area contributed by atoms with E-state index in [0.29, 0.717) is 13.2 Å². The summed E-state index contributed by atoms with van der Waals surface area (Å²) in [5.41, 5.74) is 4.71. The van der Waals surface area contributed by atoms with Crippen LogP contribution < -0.4 is 10.2 Å². The topological polar surface area (TPSA) is 59.4 Å². The number of anilines is 1. The lowest BCUT2D eigenvalue weighted by Gasteiger charge is -2.32. The molecular formula is C27H36N4O2. The third-order valence-corrected chi connectivity index (χ3v) is 6.28. The Labute approximate surface area is 196 Å². The van der Waals surface area contributed by atoms with Crippen molar-refractivity contribution in [2.45, 2.75) is 52.7 Å². The highest BCUT2D eigenvalue weighted by molar-refractivity contribution is 5.80. The molecule has 33 heavy (non-hydrogen) atoms. The Morgan fingerprint density at radius 2 is 1.94 bits per heavy atom. The van der Waals surface area contributed by atoms with E-state index in [1.165, 1.54) is 11.1 Å². The second-order valence-corrected chi connectivity index (χ2v) is 9.30. The van der Waals surface area contributed by atoms with Crippen LogP contribution in [0.2, 0.25) is 0 Å². The lowest BCUT2D eigenvalue weighted by molar-refractivity contribution is -0.125. The molecule has 0 atom stereocenters. The number of nitrogens with zero attached hydrogens (tertiary/aromatic N) is 3. The van der Waals surface area contributed by atoms with Crippen molar-refractivity contribution in [1.29, 1.82) is 0 Å². The van der Waals surface area contributed by atoms with Gasteiger partial charge in [0.05, 0.1) is 23.7 Å². The van der Waals surface area contributed by atoms with E-state index in [4.69, 9.17) is 9.72 Å². The highest BCUT2D eigenvalue weighted by atomic mass is 16.5. The first-order chi connectivity index (χ1) is 16.0. The van der Waals surface area contributed by atoms with E-state index >= 15 is 0 Å². The molecule has 1 saturated heterocycles. The van der Waals surface area contributed by atoms with E-state index in [1.807, 2.05) is 19.9 Å². The van der Waals surface area contributed by atoms with E-state index < -0.39 is 0 Å². The first-order valence-electron chi connectivity index (χ1n) is 12.2. The summed E-state index contributed by atoms with van der Waals surface area (Å²) in [7, 11) is 0. The van der Waals surface area contributed by atoms with Gasteiger partial charge in [0.1, 0.15) is 0 Å². The van der Waals surface area contributed by atoms with Crippen LogP contribution in [0, 0.1) is 12.8 Å². The van der Waals surface area contributed by atoms with Gasteiger partial charge in [0.15, 0.2) is 0 Å². The lowest BCUT2D eigenvalue weighted by atomic mass is 9.96. The number of aryl methyl sites for hydroxylation is 1. The summed E-state index contributed by atoms with van der Waals surface area (Å²) in [5.74, 6) is 1.25. The average Bonchev–Trinajstić information content (AvgIpc) is 3.17. The Bertz CT molecular complexity index is 1070. The molecule has 0 bridgehead atoms. The average molecular weight is 449 g/mol. The largest absolute Gasteiger partial charge is 0.379 e. The fraction of sp³-hybridized carbons (Fsp3) is 0.481. The van der Waals surface area contributed by atoms with E-state index in [1.54, 1.807) is 0 Å². The van der Waals surface area contributed by atoms with Crippen molar-refractivity contribution in [3.8, 4) is 0 Å². The van der Waals surface area contributed by atoms with Crippen LogP contribution in [0.1, 0.15) is 44.2 Å². The zero-order valence-electron chi connectivity index (χ0n) is 20.1. The molecule has 1 N–H and O–H groups in total. The summed E-state index contributed by atoms with van der Waals surface area (Å²) < 4.78 is 7.87. The highest BCUT2D eigenvalue weighted by Crippen LogP contribution is 2.28. The zero-order chi connectivity index (χ0) is 23.2. The van der Waals surface area contributed by atoms with Crippen molar-refractivity contribution >= 4 is 22.9 Å². The molecule has 2 aromatic carbocycles. The number of carbonyl (C=O) groups excluding carboxylic acids is 1. The number of carbonyl (C=O) groups is 1. The van der Waals surface area contributed by atoms with Gasteiger partial charge in [-0.2, -0.15) is 0 Å². The summed E-state index contributed by atoms with van der Waals surface area (Å²) in [5, 5.41) is 3.09. The number of benzene rings is 2. The maximum absolute atomic E-state index is 12.6. The van der Waals surface area contributed by atoms with Crippen molar-refractivity contribution < 1.29 is 9.53 Å². The molecule has 0 aliphatic carbocycles. The Morgan fingerprint density at radius 1 is 1.15 bits per heavy atom. The Morgan fingerprint density at radius 3 is 2.70 bits per heavy atom. The Hall–Kier alpha value is -2.86. The van der Waals surface area contributed by atoms with Gasteiger partial charge in [-0.15, -0.1) is 0 Å². The maximum atomic E-state index is 12.6. The van der Waals surface area contributed by atoms with Crippen molar-refractivity contribution in [2.24, 2.45) is 5.92 Å². The zero-order valence-corrected chi connectivity index (χ0v) is 20.1. The number of nitrogens with one attached hydrogen (secondary N) is 1. The monoisotopic (exact) mass is 448 g/mol.